The van der Waals surface area contributed by atoms with Gasteiger partial charge in [-0.05, 0) is 25.3 Å². The highest BCUT2D eigenvalue weighted by Crippen LogP contribution is 2.35. The number of aliphatic hydroxyl groups is 1. The second-order valence-electron chi connectivity index (χ2n) is 7.57. The van der Waals surface area contributed by atoms with E-state index in [1.807, 2.05) is 42.3 Å². The zero-order valence-corrected chi connectivity index (χ0v) is 16.9. The van der Waals surface area contributed by atoms with Crippen LogP contribution in [0.25, 0.3) is 28.0 Å². The van der Waals surface area contributed by atoms with Crippen LogP contribution in [0.15, 0.2) is 42.9 Å². The van der Waals surface area contributed by atoms with Gasteiger partial charge in [-0.25, -0.2) is 9.67 Å². The van der Waals surface area contributed by atoms with Crippen LogP contribution in [0.2, 0.25) is 0 Å². The molecule has 5 rings (SSSR count). The number of aromatic amines is 1. The standard InChI is InChI=1S/C20H23N7O.ClH/c1-26-11-13(9-23-26)27-20(12-6-7-16(21)18(28)8-12)24-19(25-27)15-10-22-17-5-3-2-4-14(15)17;/h2-5,9-12,16,18,22,28H,6-8,21H2,1H3;1H/t12-,16+,18+;/m0./s1. The minimum absolute atomic E-state index is 0. The molecule has 0 spiro atoms. The number of fused-ring (bicyclic) bond motifs is 1. The largest absolute Gasteiger partial charge is 0.391 e. The molecule has 1 aromatic carbocycles. The van der Waals surface area contributed by atoms with Crippen molar-refractivity contribution in [2.75, 3.05) is 0 Å². The number of aromatic nitrogens is 6. The van der Waals surface area contributed by atoms with Gasteiger partial charge < -0.3 is 15.8 Å². The van der Waals surface area contributed by atoms with E-state index in [0.29, 0.717) is 12.2 Å². The van der Waals surface area contributed by atoms with Gasteiger partial charge in [0.15, 0.2) is 5.82 Å². The third-order valence-corrected chi connectivity index (χ3v) is 5.63. The molecule has 4 N–H and O–H groups in total. The van der Waals surface area contributed by atoms with E-state index in [-0.39, 0.29) is 24.4 Å². The van der Waals surface area contributed by atoms with Crippen molar-refractivity contribution in [3.63, 3.8) is 0 Å². The van der Waals surface area contributed by atoms with Crippen molar-refractivity contribution in [2.45, 2.75) is 37.3 Å². The number of aryl methyl sites for hydroxylation is 1. The normalized spacial score (nSPS) is 22.0. The van der Waals surface area contributed by atoms with E-state index in [2.05, 4.69) is 16.1 Å². The number of benzene rings is 1. The van der Waals surface area contributed by atoms with Crippen molar-refractivity contribution < 1.29 is 5.11 Å². The van der Waals surface area contributed by atoms with Gasteiger partial charge >= 0.3 is 0 Å². The maximum absolute atomic E-state index is 10.3. The lowest BCUT2D eigenvalue weighted by Crippen LogP contribution is -2.40. The zero-order valence-electron chi connectivity index (χ0n) is 16.1. The number of nitrogens with one attached hydrogen (secondary N) is 1. The van der Waals surface area contributed by atoms with Crippen LogP contribution in [0.4, 0.5) is 0 Å². The number of para-hydroxylation sites is 1. The van der Waals surface area contributed by atoms with Crippen molar-refractivity contribution in [3.05, 3.63) is 48.7 Å². The zero-order chi connectivity index (χ0) is 19.3. The maximum atomic E-state index is 10.3. The first-order valence-electron chi connectivity index (χ1n) is 9.56. The summed E-state index contributed by atoms with van der Waals surface area (Å²) in [5.74, 6) is 1.61. The molecule has 3 aromatic heterocycles. The van der Waals surface area contributed by atoms with Crippen LogP contribution in [-0.4, -0.2) is 46.8 Å². The molecule has 0 bridgehead atoms. The van der Waals surface area contributed by atoms with E-state index in [0.717, 1.165) is 40.8 Å². The minimum atomic E-state index is -0.519. The van der Waals surface area contributed by atoms with Crippen LogP contribution in [0.5, 0.6) is 0 Å². The predicted molar refractivity (Wildman–Crippen MR) is 113 cm³/mol. The van der Waals surface area contributed by atoms with Crippen LogP contribution in [0.3, 0.4) is 0 Å². The Morgan fingerprint density at radius 3 is 2.83 bits per heavy atom. The fourth-order valence-electron chi connectivity index (χ4n) is 4.07. The van der Waals surface area contributed by atoms with Crippen molar-refractivity contribution in [3.8, 4) is 17.1 Å². The Labute approximate surface area is 174 Å². The molecule has 1 aliphatic rings. The molecule has 1 saturated carbocycles. The molecule has 9 heteroatoms. The van der Waals surface area contributed by atoms with Gasteiger partial charge in [0.05, 0.1) is 18.5 Å². The summed E-state index contributed by atoms with van der Waals surface area (Å²) >= 11 is 0. The summed E-state index contributed by atoms with van der Waals surface area (Å²) in [5.41, 5.74) is 8.88. The van der Waals surface area contributed by atoms with E-state index >= 15 is 0 Å². The summed E-state index contributed by atoms with van der Waals surface area (Å²) in [6.45, 7) is 0. The lowest BCUT2D eigenvalue weighted by atomic mass is 9.84. The van der Waals surface area contributed by atoms with E-state index in [1.165, 1.54) is 0 Å². The lowest BCUT2D eigenvalue weighted by Gasteiger charge is -2.30. The third-order valence-electron chi connectivity index (χ3n) is 5.63. The Balaban J connectivity index is 0.00000205. The van der Waals surface area contributed by atoms with Gasteiger partial charge in [-0.2, -0.15) is 5.10 Å². The van der Waals surface area contributed by atoms with E-state index < -0.39 is 6.10 Å². The first kappa shape index (κ1) is 19.6. The second kappa shape index (κ2) is 7.62. The average molecular weight is 414 g/mol. The van der Waals surface area contributed by atoms with E-state index in [9.17, 15) is 5.11 Å². The van der Waals surface area contributed by atoms with Crippen LogP contribution < -0.4 is 5.73 Å². The highest BCUT2D eigenvalue weighted by atomic mass is 35.5. The number of aliphatic hydroxyl groups excluding tert-OH is 1. The van der Waals surface area contributed by atoms with Crippen molar-refractivity contribution in [1.29, 1.82) is 0 Å². The molecule has 3 heterocycles. The van der Waals surface area contributed by atoms with Gasteiger partial charge in [-0.15, -0.1) is 17.5 Å². The van der Waals surface area contributed by atoms with Gasteiger partial charge in [0.25, 0.3) is 0 Å². The fourth-order valence-corrected chi connectivity index (χ4v) is 4.07. The lowest BCUT2D eigenvalue weighted by molar-refractivity contribution is 0.0961. The molecule has 152 valence electrons. The number of H-pyrrole nitrogens is 1. The number of hydrogen-bond donors (Lipinski definition) is 3. The molecule has 29 heavy (non-hydrogen) atoms. The molecule has 4 aromatic rings. The highest BCUT2D eigenvalue weighted by Gasteiger charge is 2.32. The Kier molecular flexibility index (Phi) is 5.16. The van der Waals surface area contributed by atoms with Gasteiger partial charge in [0.2, 0.25) is 0 Å². The third kappa shape index (κ3) is 3.43. The molecule has 0 radical (unpaired) electrons. The number of rotatable bonds is 3. The minimum Gasteiger partial charge on any atom is -0.391 e. The van der Waals surface area contributed by atoms with Crippen LogP contribution in [0.1, 0.15) is 31.0 Å². The molecule has 3 atom stereocenters. The average Bonchev–Trinajstić information content (AvgIpc) is 3.41. The number of halogens is 1. The molecule has 0 amide bonds. The van der Waals surface area contributed by atoms with E-state index in [1.54, 1.807) is 10.9 Å². The highest BCUT2D eigenvalue weighted by molar-refractivity contribution is 5.93. The molecular weight excluding hydrogens is 390 g/mol. The van der Waals surface area contributed by atoms with E-state index in [4.69, 9.17) is 15.8 Å². The summed E-state index contributed by atoms with van der Waals surface area (Å²) in [6.07, 6.45) is 7.37. The molecule has 8 nitrogen and oxygen atoms in total. The maximum Gasteiger partial charge on any atom is 0.183 e. The quantitative estimate of drug-likeness (QED) is 0.478. The number of hydrogen-bond acceptors (Lipinski definition) is 5. The second-order valence-corrected chi connectivity index (χ2v) is 7.57. The summed E-state index contributed by atoms with van der Waals surface area (Å²) in [5, 5.41) is 20.5. The topological polar surface area (TPSA) is 111 Å². The van der Waals surface area contributed by atoms with Crippen LogP contribution >= 0.6 is 12.4 Å². The molecule has 1 fully saturated rings. The first-order chi connectivity index (χ1) is 13.6. The van der Waals surface area contributed by atoms with Crippen molar-refractivity contribution >= 4 is 23.3 Å². The summed E-state index contributed by atoms with van der Waals surface area (Å²) in [6, 6.07) is 7.95. The Morgan fingerprint density at radius 2 is 2.07 bits per heavy atom. The van der Waals surface area contributed by atoms with Crippen molar-refractivity contribution in [1.82, 2.24) is 29.5 Å². The first-order valence-corrected chi connectivity index (χ1v) is 9.56. The van der Waals surface area contributed by atoms with Gasteiger partial charge in [0, 0.05) is 41.7 Å². The SMILES string of the molecule is Cl.Cn1cc(-n2nc(-c3c[nH]c4ccccc34)nc2[C@H]2CC[C@@H](N)[C@H](O)C2)cn1. The Morgan fingerprint density at radius 1 is 1.24 bits per heavy atom. The fraction of sp³-hybridized carbons (Fsp3) is 0.350. The molecule has 0 aliphatic heterocycles. The molecule has 0 unspecified atom stereocenters. The van der Waals surface area contributed by atoms with Crippen molar-refractivity contribution in [2.24, 2.45) is 12.8 Å². The number of nitrogens with two attached hydrogens (primary N) is 1. The number of nitrogens with zero attached hydrogens (tertiary/aromatic N) is 5. The summed E-state index contributed by atoms with van der Waals surface area (Å²) in [7, 11) is 1.88. The van der Waals surface area contributed by atoms with Crippen LogP contribution in [-0.2, 0) is 7.05 Å². The van der Waals surface area contributed by atoms with Gasteiger partial charge in [-0.3, -0.25) is 4.68 Å². The predicted octanol–water partition coefficient (Wildman–Crippen LogP) is 2.53. The van der Waals surface area contributed by atoms with Gasteiger partial charge in [-0.1, -0.05) is 18.2 Å². The molecule has 1 aliphatic carbocycles. The van der Waals surface area contributed by atoms with Crippen LogP contribution in [0, 0.1) is 0 Å². The monoisotopic (exact) mass is 413 g/mol. The smallest absolute Gasteiger partial charge is 0.183 e. The summed E-state index contributed by atoms with van der Waals surface area (Å²) in [4.78, 5) is 8.20. The summed E-state index contributed by atoms with van der Waals surface area (Å²) < 4.78 is 3.61. The molecular formula is C20H24ClN7O. The Bertz CT molecular complexity index is 1130. The molecule has 0 saturated heterocycles. The Hall–Kier alpha value is -2.68. The van der Waals surface area contributed by atoms with Gasteiger partial charge in [0.1, 0.15) is 11.5 Å².